The van der Waals surface area contributed by atoms with Crippen molar-refractivity contribution in [2.75, 3.05) is 5.75 Å². The summed E-state index contributed by atoms with van der Waals surface area (Å²) in [7, 11) is -3.96. The molecule has 0 aromatic carbocycles. The number of hydrogen-bond donors (Lipinski definition) is 0. The predicted molar refractivity (Wildman–Crippen MR) is 41.1 cm³/mol. The number of rotatable bonds is 3. The van der Waals surface area contributed by atoms with Crippen LogP contribution in [-0.4, -0.2) is 18.7 Å². The molecule has 0 aromatic heterocycles. The van der Waals surface area contributed by atoms with Crippen molar-refractivity contribution >= 4 is 10.1 Å². The van der Waals surface area contributed by atoms with E-state index in [2.05, 4.69) is 0 Å². The van der Waals surface area contributed by atoms with Crippen LogP contribution in [-0.2, 0) is 10.1 Å². The smallest absolute Gasteiger partial charge is 0.748 e. The molecule has 0 heterocycles. The molecule has 0 N–H and O–H groups in total. The molecule has 0 atom stereocenters. The third-order valence-electron chi connectivity index (χ3n) is 2.25. The van der Waals surface area contributed by atoms with E-state index in [1.54, 1.807) is 0 Å². The largest absolute Gasteiger partial charge is 1.00 e. The zero-order valence-electron chi connectivity index (χ0n) is 7.45. The Bertz CT molecular complexity index is 207. The molecule has 1 rings (SSSR count). The molecular weight excluding hydrogens is 187 g/mol. The van der Waals surface area contributed by atoms with Gasteiger partial charge in [0.05, 0.1) is 10.1 Å². The van der Waals surface area contributed by atoms with Crippen molar-refractivity contribution in [2.24, 2.45) is 5.92 Å². The van der Waals surface area contributed by atoms with Crippen LogP contribution in [0.25, 0.3) is 0 Å². The molecule has 0 amide bonds. The van der Waals surface area contributed by atoms with Crippen LogP contribution in [0.4, 0.5) is 0 Å². The first kappa shape index (κ1) is 12.9. The van der Waals surface area contributed by atoms with Gasteiger partial charge in [-0.1, -0.05) is 25.7 Å². The Morgan fingerprint density at radius 1 is 1.25 bits per heavy atom. The molecule has 0 bridgehead atoms. The number of hydrogen-bond acceptors (Lipinski definition) is 3. The SMILES string of the molecule is O=S(=O)([O-])CCC1CCCC1.[Na+]. The second kappa shape index (κ2) is 5.60. The fraction of sp³-hybridized carbons (Fsp3) is 1.00. The van der Waals surface area contributed by atoms with Crippen molar-refractivity contribution in [3.05, 3.63) is 0 Å². The Morgan fingerprint density at radius 3 is 2.17 bits per heavy atom. The monoisotopic (exact) mass is 200 g/mol. The molecule has 0 aliphatic heterocycles. The van der Waals surface area contributed by atoms with Crippen LogP contribution in [0.1, 0.15) is 32.1 Å². The minimum Gasteiger partial charge on any atom is -0.748 e. The van der Waals surface area contributed by atoms with Gasteiger partial charge in [-0.3, -0.25) is 0 Å². The molecule has 1 aliphatic rings. The first-order chi connectivity index (χ1) is 5.08. The van der Waals surface area contributed by atoms with Gasteiger partial charge in [-0.2, -0.15) is 0 Å². The Labute approximate surface area is 96.0 Å². The Balaban J connectivity index is 0.00000121. The van der Waals surface area contributed by atoms with Crippen molar-refractivity contribution < 1.29 is 42.5 Å². The van der Waals surface area contributed by atoms with Gasteiger partial charge in [0.1, 0.15) is 0 Å². The second-order valence-electron chi connectivity index (χ2n) is 3.20. The summed E-state index contributed by atoms with van der Waals surface area (Å²) < 4.78 is 30.7. The van der Waals surface area contributed by atoms with Crippen molar-refractivity contribution in [3.63, 3.8) is 0 Å². The second-order valence-corrected chi connectivity index (χ2v) is 4.72. The van der Waals surface area contributed by atoms with E-state index in [9.17, 15) is 13.0 Å². The standard InChI is InChI=1S/C7H14O3S.Na/c8-11(9,10)6-5-7-3-1-2-4-7;/h7H,1-6H2,(H,8,9,10);/q;+1/p-1. The van der Waals surface area contributed by atoms with Crippen molar-refractivity contribution in [1.82, 2.24) is 0 Å². The van der Waals surface area contributed by atoms with Crippen molar-refractivity contribution in [1.29, 1.82) is 0 Å². The van der Waals surface area contributed by atoms with Gasteiger partial charge in [0, 0.05) is 5.75 Å². The Morgan fingerprint density at radius 2 is 1.75 bits per heavy atom. The van der Waals surface area contributed by atoms with Gasteiger partial charge in [0.2, 0.25) is 0 Å². The van der Waals surface area contributed by atoms with E-state index >= 15 is 0 Å². The van der Waals surface area contributed by atoms with Gasteiger partial charge in [0.15, 0.2) is 0 Å². The minimum atomic E-state index is -3.96. The van der Waals surface area contributed by atoms with Gasteiger partial charge < -0.3 is 4.55 Å². The van der Waals surface area contributed by atoms with Gasteiger partial charge in [-0.15, -0.1) is 0 Å². The first-order valence-electron chi connectivity index (χ1n) is 4.01. The first-order valence-corrected chi connectivity index (χ1v) is 5.59. The molecule has 3 nitrogen and oxygen atoms in total. The van der Waals surface area contributed by atoms with Crippen LogP contribution in [0, 0.1) is 5.92 Å². The maximum absolute atomic E-state index is 10.2. The maximum Gasteiger partial charge on any atom is 1.00 e. The summed E-state index contributed by atoms with van der Waals surface area (Å²) in [5, 5.41) is 0. The molecule has 12 heavy (non-hydrogen) atoms. The molecule has 0 aromatic rings. The van der Waals surface area contributed by atoms with Crippen molar-refractivity contribution in [3.8, 4) is 0 Å². The molecule has 5 heteroatoms. The molecule has 0 saturated heterocycles. The summed E-state index contributed by atoms with van der Waals surface area (Å²) in [6.45, 7) is 0. The molecule has 0 spiro atoms. The molecule has 0 unspecified atom stereocenters. The average Bonchev–Trinajstić information content (AvgIpc) is 2.32. The third kappa shape index (κ3) is 5.54. The molecule has 1 aliphatic carbocycles. The van der Waals surface area contributed by atoms with E-state index in [-0.39, 0.29) is 35.3 Å². The normalized spacial score (nSPS) is 19.1. The van der Waals surface area contributed by atoms with Crippen molar-refractivity contribution in [2.45, 2.75) is 32.1 Å². The average molecular weight is 200 g/mol. The van der Waals surface area contributed by atoms with E-state index in [1.165, 1.54) is 12.8 Å². The Hall–Kier alpha value is 0.910. The van der Waals surface area contributed by atoms with E-state index in [4.69, 9.17) is 0 Å². The molecule has 1 fully saturated rings. The zero-order chi connectivity index (χ0) is 8.32. The van der Waals surface area contributed by atoms with Gasteiger partial charge in [0.25, 0.3) is 0 Å². The van der Waals surface area contributed by atoms with Gasteiger partial charge in [-0.25, -0.2) is 8.42 Å². The fourth-order valence-electron chi connectivity index (χ4n) is 1.61. The molecule has 0 radical (unpaired) electrons. The molecule has 66 valence electrons. The Kier molecular flexibility index (Phi) is 6.03. The fourth-order valence-corrected chi connectivity index (χ4v) is 2.23. The maximum atomic E-state index is 10.2. The summed E-state index contributed by atoms with van der Waals surface area (Å²) in [6.07, 6.45) is 5.18. The molecule has 1 saturated carbocycles. The van der Waals surface area contributed by atoms with Gasteiger partial charge >= 0.3 is 29.6 Å². The van der Waals surface area contributed by atoms with E-state index in [0.29, 0.717) is 12.3 Å². The third-order valence-corrected chi connectivity index (χ3v) is 2.99. The topological polar surface area (TPSA) is 57.2 Å². The van der Waals surface area contributed by atoms with Crippen LogP contribution in [0.3, 0.4) is 0 Å². The van der Waals surface area contributed by atoms with Crippen LogP contribution >= 0.6 is 0 Å². The van der Waals surface area contributed by atoms with Crippen LogP contribution in [0.2, 0.25) is 0 Å². The van der Waals surface area contributed by atoms with Gasteiger partial charge in [-0.05, 0) is 12.3 Å². The van der Waals surface area contributed by atoms with Crippen LogP contribution < -0.4 is 29.6 Å². The molecular formula is C7H13NaO3S. The van der Waals surface area contributed by atoms with Crippen LogP contribution in [0.15, 0.2) is 0 Å². The van der Waals surface area contributed by atoms with E-state index in [0.717, 1.165) is 12.8 Å². The summed E-state index contributed by atoms with van der Waals surface area (Å²) in [5.41, 5.74) is 0. The summed E-state index contributed by atoms with van der Waals surface area (Å²) in [5.74, 6) is 0.330. The predicted octanol–water partition coefficient (Wildman–Crippen LogP) is -1.88. The van der Waals surface area contributed by atoms with E-state index in [1.807, 2.05) is 0 Å². The van der Waals surface area contributed by atoms with E-state index < -0.39 is 10.1 Å². The minimum absolute atomic E-state index is 0. The summed E-state index contributed by atoms with van der Waals surface area (Å²) in [4.78, 5) is 0. The van der Waals surface area contributed by atoms with Crippen LogP contribution in [0.5, 0.6) is 0 Å². The zero-order valence-corrected chi connectivity index (χ0v) is 10.3. The summed E-state index contributed by atoms with van der Waals surface area (Å²) >= 11 is 0. The quantitative estimate of drug-likeness (QED) is 0.395. The summed E-state index contributed by atoms with van der Waals surface area (Å²) in [6, 6.07) is 0.